The molecule has 5 N–H and O–H groups in total. The van der Waals surface area contributed by atoms with Gasteiger partial charge in [0.15, 0.2) is 0 Å². The third-order valence-corrected chi connectivity index (χ3v) is 2.61. The van der Waals surface area contributed by atoms with E-state index in [0.29, 0.717) is 16.9 Å². The van der Waals surface area contributed by atoms with E-state index in [1.807, 2.05) is 0 Å². The van der Waals surface area contributed by atoms with E-state index in [4.69, 9.17) is 11.5 Å². The number of carbonyl (C=O) groups is 2. The van der Waals surface area contributed by atoms with Gasteiger partial charge in [-0.1, -0.05) is 12.1 Å². The summed E-state index contributed by atoms with van der Waals surface area (Å²) in [6, 6.07) is 12.8. The van der Waals surface area contributed by atoms with E-state index in [2.05, 4.69) is 5.32 Å². The predicted molar refractivity (Wildman–Crippen MR) is 73.5 cm³/mol. The van der Waals surface area contributed by atoms with Crippen molar-refractivity contribution in [3.63, 3.8) is 0 Å². The van der Waals surface area contributed by atoms with Crippen LogP contribution in [0, 0.1) is 0 Å². The molecule has 0 aliphatic heterocycles. The molecule has 0 aromatic heterocycles. The number of nitrogen functional groups attached to an aromatic ring is 2. The monoisotopic (exact) mass is 255 g/mol. The van der Waals surface area contributed by atoms with Crippen molar-refractivity contribution in [2.24, 2.45) is 0 Å². The van der Waals surface area contributed by atoms with Crippen LogP contribution in [0.3, 0.4) is 0 Å². The molecular weight excluding hydrogens is 242 g/mol. The minimum atomic E-state index is -0.528. The molecule has 2 rings (SSSR count). The molecule has 0 unspecified atom stereocenters. The van der Waals surface area contributed by atoms with E-state index in [0.717, 1.165) is 0 Å². The second-order valence-corrected chi connectivity index (χ2v) is 3.99. The number of rotatable bonds is 2. The topological polar surface area (TPSA) is 98.2 Å². The van der Waals surface area contributed by atoms with Crippen molar-refractivity contribution in [2.45, 2.75) is 0 Å². The average Bonchev–Trinajstić information content (AvgIpc) is 2.39. The van der Waals surface area contributed by atoms with Gasteiger partial charge in [-0.3, -0.25) is 14.9 Å². The second-order valence-electron chi connectivity index (χ2n) is 3.99. The zero-order valence-electron chi connectivity index (χ0n) is 10.1. The van der Waals surface area contributed by atoms with Crippen LogP contribution in [0.4, 0.5) is 11.4 Å². The first-order chi connectivity index (χ1) is 9.08. The van der Waals surface area contributed by atoms with Gasteiger partial charge in [0, 0.05) is 16.9 Å². The number of hydrogen-bond acceptors (Lipinski definition) is 4. The molecule has 0 saturated carbocycles. The quantitative estimate of drug-likeness (QED) is 0.558. The number of benzene rings is 2. The van der Waals surface area contributed by atoms with E-state index in [9.17, 15) is 9.59 Å². The van der Waals surface area contributed by atoms with Crippen molar-refractivity contribution in [3.05, 3.63) is 59.7 Å². The van der Waals surface area contributed by atoms with Crippen molar-refractivity contribution >= 4 is 23.2 Å². The standard InChI is InChI=1S/C14H13N3O2/c15-10-7-5-9(6-8-10)13(18)17-14(19)11-3-1-2-4-12(11)16/h1-8H,15-16H2,(H,17,18,19). The largest absolute Gasteiger partial charge is 0.399 e. The van der Waals surface area contributed by atoms with Gasteiger partial charge in [0.05, 0.1) is 5.56 Å². The Kier molecular flexibility index (Phi) is 3.47. The maximum Gasteiger partial charge on any atom is 0.260 e. The number of para-hydroxylation sites is 1. The molecule has 0 spiro atoms. The number of carbonyl (C=O) groups excluding carboxylic acids is 2. The third kappa shape index (κ3) is 2.90. The number of nitrogens with two attached hydrogens (primary N) is 2. The van der Waals surface area contributed by atoms with Crippen molar-refractivity contribution in [1.82, 2.24) is 5.32 Å². The van der Waals surface area contributed by atoms with Gasteiger partial charge in [0.25, 0.3) is 11.8 Å². The molecule has 5 heteroatoms. The molecule has 5 nitrogen and oxygen atoms in total. The highest BCUT2D eigenvalue weighted by Gasteiger charge is 2.13. The van der Waals surface area contributed by atoms with Gasteiger partial charge in [-0.25, -0.2) is 0 Å². The van der Waals surface area contributed by atoms with Crippen LogP contribution >= 0.6 is 0 Å². The minimum absolute atomic E-state index is 0.270. The third-order valence-electron chi connectivity index (χ3n) is 2.61. The second kappa shape index (κ2) is 5.22. The highest BCUT2D eigenvalue weighted by atomic mass is 16.2. The lowest BCUT2D eigenvalue weighted by atomic mass is 10.1. The van der Waals surface area contributed by atoms with Crippen LogP contribution in [0.5, 0.6) is 0 Å². The highest BCUT2D eigenvalue weighted by molar-refractivity contribution is 6.12. The Morgan fingerprint density at radius 2 is 1.47 bits per heavy atom. The van der Waals surface area contributed by atoms with Gasteiger partial charge < -0.3 is 11.5 Å². The van der Waals surface area contributed by atoms with Gasteiger partial charge in [-0.2, -0.15) is 0 Å². The SMILES string of the molecule is Nc1ccc(C(=O)NC(=O)c2ccccc2N)cc1. The molecule has 0 radical (unpaired) electrons. The molecule has 0 aliphatic carbocycles. The summed E-state index contributed by atoms with van der Waals surface area (Å²) in [6.07, 6.45) is 0. The van der Waals surface area contributed by atoms with Gasteiger partial charge in [-0.05, 0) is 36.4 Å². The molecule has 0 bridgehead atoms. The summed E-state index contributed by atoms with van der Waals surface area (Å²) in [6.45, 7) is 0. The Morgan fingerprint density at radius 3 is 2.11 bits per heavy atom. The summed E-state index contributed by atoms with van der Waals surface area (Å²) in [5, 5.41) is 2.27. The summed E-state index contributed by atoms with van der Waals surface area (Å²) in [7, 11) is 0. The number of nitrogens with one attached hydrogen (secondary N) is 1. The number of imide groups is 1. The summed E-state index contributed by atoms with van der Waals surface area (Å²) >= 11 is 0. The van der Waals surface area contributed by atoms with Crippen LogP contribution in [0.1, 0.15) is 20.7 Å². The van der Waals surface area contributed by atoms with Crippen molar-refractivity contribution < 1.29 is 9.59 Å². The van der Waals surface area contributed by atoms with Gasteiger partial charge in [0.1, 0.15) is 0 Å². The minimum Gasteiger partial charge on any atom is -0.399 e. The fraction of sp³-hybridized carbons (Fsp3) is 0. The smallest absolute Gasteiger partial charge is 0.260 e. The first-order valence-electron chi connectivity index (χ1n) is 5.63. The normalized spacial score (nSPS) is 9.89. The van der Waals surface area contributed by atoms with Crippen LogP contribution in [0.25, 0.3) is 0 Å². The van der Waals surface area contributed by atoms with Crippen molar-refractivity contribution in [3.8, 4) is 0 Å². The molecule has 96 valence electrons. The van der Waals surface area contributed by atoms with Crippen molar-refractivity contribution in [1.29, 1.82) is 0 Å². The lowest BCUT2D eigenvalue weighted by Gasteiger charge is -2.06. The van der Waals surface area contributed by atoms with Crippen LogP contribution in [-0.2, 0) is 0 Å². The van der Waals surface area contributed by atoms with E-state index >= 15 is 0 Å². The van der Waals surface area contributed by atoms with E-state index < -0.39 is 11.8 Å². The molecule has 19 heavy (non-hydrogen) atoms. The van der Waals surface area contributed by atoms with E-state index in [-0.39, 0.29) is 5.56 Å². The molecule has 0 fully saturated rings. The predicted octanol–water partition coefficient (Wildman–Crippen LogP) is 1.42. The molecule has 0 saturated heterocycles. The molecule has 0 aliphatic rings. The number of anilines is 2. The van der Waals surface area contributed by atoms with Crippen LogP contribution in [0.2, 0.25) is 0 Å². The molecule has 2 aromatic rings. The molecular formula is C14H13N3O2. The Hall–Kier alpha value is -2.82. The molecule has 2 amide bonds. The van der Waals surface area contributed by atoms with Gasteiger partial charge in [0.2, 0.25) is 0 Å². The first kappa shape index (κ1) is 12.6. The van der Waals surface area contributed by atoms with E-state index in [1.54, 1.807) is 48.5 Å². The Balaban J connectivity index is 2.13. The number of amides is 2. The van der Waals surface area contributed by atoms with Gasteiger partial charge >= 0.3 is 0 Å². The maximum absolute atomic E-state index is 11.9. The fourth-order valence-electron chi connectivity index (χ4n) is 1.58. The van der Waals surface area contributed by atoms with Crippen LogP contribution in [-0.4, -0.2) is 11.8 Å². The zero-order valence-corrected chi connectivity index (χ0v) is 10.1. The fourth-order valence-corrected chi connectivity index (χ4v) is 1.58. The summed E-state index contributed by atoms with van der Waals surface area (Å²) < 4.78 is 0. The maximum atomic E-state index is 11.9. The molecule has 2 aromatic carbocycles. The molecule has 0 atom stereocenters. The van der Waals surface area contributed by atoms with Crippen LogP contribution in [0.15, 0.2) is 48.5 Å². The molecule has 0 heterocycles. The van der Waals surface area contributed by atoms with Gasteiger partial charge in [-0.15, -0.1) is 0 Å². The summed E-state index contributed by atoms with van der Waals surface area (Å²) in [4.78, 5) is 23.7. The first-order valence-corrected chi connectivity index (χ1v) is 5.63. The van der Waals surface area contributed by atoms with Crippen molar-refractivity contribution in [2.75, 3.05) is 11.5 Å². The zero-order chi connectivity index (χ0) is 13.8. The average molecular weight is 255 g/mol. The summed E-state index contributed by atoms with van der Waals surface area (Å²) in [5.41, 5.74) is 12.7. The Morgan fingerprint density at radius 1 is 0.842 bits per heavy atom. The van der Waals surface area contributed by atoms with Crippen LogP contribution < -0.4 is 16.8 Å². The Labute approximate surface area is 110 Å². The summed E-state index contributed by atoms with van der Waals surface area (Å²) in [5.74, 6) is -1.02. The Bertz CT molecular complexity index is 621. The highest BCUT2D eigenvalue weighted by Crippen LogP contribution is 2.11. The number of hydrogen-bond donors (Lipinski definition) is 3. The lowest BCUT2D eigenvalue weighted by Crippen LogP contribution is -2.30. The lowest BCUT2D eigenvalue weighted by molar-refractivity contribution is 0.0850. The van der Waals surface area contributed by atoms with E-state index in [1.165, 1.54) is 0 Å².